The fourth-order valence-corrected chi connectivity index (χ4v) is 3.61. The lowest BCUT2D eigenvalue weighted by Gasteiger charge is -2.25. The molecule has 1 aliphatic heterocycles. The van der Waals surface area contributed by atoms with Gasteiger partial charge in [0.2, 0.25) is 5.91 Å². The van der Waals surface area contributed by atoms with Crippen molar-refractivity contribution in [3.63, 3.8) is 0 Å². The zero-order chi connectivity index (χ0) is 20.9. The van der Waals surface area contributed by atoms with Crippen LogP contribution in [0.15, 0.2) is 67.5 Å². The first-order valence-corrected chi connectivity index (χ1v) is 9.90. The number of hydrogen-bond acceptors (Lipinski definition) is 4. The van der Waals surface area contributed by atoms with Crippen LogP contribution in [0, 0.1) is 0 Å². The van der Waals surface area contributed by atoms with Crippen molar-refractivity contribution in [2.45, 2.75) is 19.4 Å². The summed E-state index contributed by atoms with van der Waals surface area (Å²) in [6.45, 7) is 5.02. The largest absolute Gasteiger partial charge is 0.461 e. The summed E-state index contributed by atoms with van der Waals surface area (Å²) in [4.78, 5) is 33.5. The first-order chi connectivity index (χ1) is 14.6. The lowest BCUT2D eigenvalue weighted by Crippen LogP contribution is -2.33. The third-order valence-electron chi connectivity index (χ3n) is 5.22. The van der Waals surface area contributed by atoms with E-state index in [1.807, 2.05) is 42.6 Å². The maximum absolute atomic E-state index is 12.3. The summed E-state index contributed by atoms with van der Waals surface area (Å²) in [5.74, 6) is -0.338. The number of aromatic amines is 1. The number of benzene rings is 1. The van der Waals surface area contributed by atoms with Crippen LogP contribution in [0.2, 0.25) is 0 Å². The van der Waals surface area contributed by atoms with Gasteiger partial charge in [-0.2, -0.15) is 0 Å². The Balaban J connectivity index is 1.46. The number of nitrogens with one attached hydrogen (secondary N) is 1. The van der Waals surface area contributed by atoms with Gasteiger partial charge in [-0.25, -0.2) is 4.98 Å². The Morgan fingerprint density at radius 3 is 2.80 bits per heavy atom. The summed E-state index contributed by atoms with van der Waals surface area (Å²) in [6.07, 6.45) is 7.97. The van der Waals surface area contributed by atoms with Crippen molar-refractivity contribution in [3.8, 4) is 0 Å². The molecule has 2 aromatic heterocycles. The number of hydrogen-bond donors (Lipinski definition) is 1. The molecular formula is C24H23N3O3. The van der Waals surface area contributed by atoms with E-state index in [1.54, 1.807) is 11.1 Å². The van der Waals surface area contributed by atoms with Crippen LogP contribution in [0.5, 0.6) is 0 Å². The van der Waals surface area contributed by atoms with E-state index in [-0.39, 0.29) is 24.9 Å². The molecule has 4 rings (SSSR count). The summed E-state index contributed by atoms with van der Waals surface area (Å²) >= 11 is 0. The van der Waals surface area contributed by atoms with Gasteiger partial charge in [-0.1, -0.05) is 43.0 Å². The van der Waals surface area contributed by atoms with Gasteiger partial charge in [0.15, 0.2) is 0 Å². The minimum absolute atomic E-state index is 0.0535. The van der Waals surface area contributed by atoms with E-state index >= 15 is 0 Å². The second-order valence-electron chi connectivity index (χ2n) is 7.23. The second kappa shape index (κ2) is 8.78. The Labute approximate surface area is 174 Å². The predicted octanol–water partition coefficient (Wildman–Crippen LogP) is 3.65. The van der Waals surface area contributed by atoms with E-state index in [2.05, 4.69) is 22.6 Å². The minimum Gasteiger partial charge on any atom is -0.461 e. The summed E-state index contributed by atoms with van der Waals surface area (Å²) in [5, 5.41) is 0.970. The topological polar surface area (TPSA) is 75.3 Å². The zero-order valence-corrected chi connectivity index (χ0v) is 16.6. The first-order valence-electron chi connectivity index (χ1n) is 9.90. The molecule has 0 fully saturated rings. The molecule has 6 nitrogen and oxygen atoms in total. The maximum Gasteiger partial charge on any atom is 0.310 e. The molecule has 1 aromatic carbocycles. The lowest BCUT2D eigenvalue weighted by atomic mass is 9.98. The molecule has 0 saturated heterocycles. The van der Waals surface area contributed by atoms with E-state index in [0.717, 1.165) is 34.1 Å². The van der Waals surface area contributed by atoms with Gasteiger partial charge in [0.1, 0.15) is 12.3 Å². The van der Waals surface area contributed by atoms with Gasteiger partial charge in [-0.05, 0) is 35.3 Å². The van der Waals surface area contributed by atoms with Crippen LogP contribution in [0.4, 0.5) is 0 Å². The van der Waals surface area contributed by atoms with Crippen molar-refractivity contribution >= 4 is 28.5 Å². The highest BCUT2D eigenvalue weighted by molar-refractivity contribution is 5.93. The molecule has 3 aromatic rings. The van der Waals surface area contributed by atoms with Crippen LogP contribution in [0.3, 0.4) is 0 Å². The number of pyridine rings is 1. The van der Waals surface area contributed by atoms with Crippen LogP contribution >= 0.6 is 0 Å². The van der Waals surface area contributed by atoms with Gasteiger partial charge in [-0.3, -0.25) is 9.59 Å². The van der Waals surface area contributed by atoms with Crippen molar-refractivity contribution in [1.29, 1.82) is 0 Å². The number of carbonyl (C=O) groups is 2. The van der Waals surface area contributed by atoms with Gasteiger partial charge in [0.05, 0.1) is 6.42 Å². The third-order valence-corrected chi connectivity index (χ3v) is 5.22. The number of aromatic nitrogens is 2. The van der Waals surface area contributed by atoms with Crippen LogP contribution in [-0.2, 0) is 27.4 Å². The average Bonchev–Trinajstić information content (AvgIpc) is 3.21. The fraction of sp³-hybridized carbons (Fsp3) is 0.208. The zero-order valence-electron chi connectivity index (χ0n) is 16.6. The number of carbonyl (C=O) groups excluding carboxylic acids is 2. The standard InChI is InChI=1S/C24H23N3O3/c1-2-22(28)27-10-8-19(9-11-27)21-15-26-24-20(21)12-18(14-25-24)13-23(29)30-16-17-6-4-3-5-7-17/h2-8,12,14-15H,1,9-11,13,16H2,(H,25,26). The molecule has 1 amide bonds. The van der Waals surface area contributed by atoms with E-state index < -0.39 is 0 Å². The number of H-pyrrole nitrogens is 1. The number of amides is 1. The Kier molecular flexibility index (Phi) is 5.75. The normalized spacial score (nSPS) is 13.7. The van der Waals surface area contributed by atoms with Crippen molar-refractivity contribution in [1.82, 2.24) is 14.9 Å². The lowest BCUT2D eigenvalue weighted by molar-refractivity contribution is -0.144. The van der Waals surface area contributed by atoms with E-state index in [4.69, 9.17) is 4.74 Å². The molecular weight excluding hydrogens is 378 g/mol. The number of ether oxygens (including phenoxy) is 1. The van der Waals surface area contributed by atoms with Gasteiger partial charge in [-0.15, -0.1) is 0 Å². The second-order valence-corrected chi connectivity index (χ2v) is 7.23. The number of nitrogens with zero attached hydrogens (tertiary/aromatic N) is 2. The smallest absolute Gasteiger partial charge is 0.310 e. The molecule has 0 radical (unpaired) electrons. The Hall–Kier alpha value is -3.67. The van der Waals surface area contributed by atoms with E-state index in [0.29, 0.717) is 13.1 Å². The van der Waals surface area contributed by atoms with E-state index in [1.165, 1.54) is 11.6 Å². The quantitative estimate of drug-likeness (QED) is 0.505. The summed E-state index contributed by atoms with van der Waals surface area (Å²) < 4.78 is 5.39. The first kappa shape index (κ1) is 19.6. The van der Waals surface area contributed by atoms with Gasteiger partial charge in [0, 0.05) is 36.4 Å². The van der Waals surface area contributed by atoms with Crippen LogP contribution in [-0.4, -0.2) is 39.8 Å². The highest BCUT2D eigenvalue weighted by Gasteiger charge is 2.18. The van der Waals surface area contributed by atoms with Crippen molar-refractivity contribution in [2.75, 3.05) is 13.1 Å². The molecule has 0 aliphatic carbocycles. The molecule has 3 heterocycles. The van der Waals surface area contributed by atoms with Gasteiger partial charge >= 0.3 is 5.97 Å². The molecule has 1 aliphatic rings. The number of rotatable bonds is 6. The Bertz CT molecular complexity index is 1120. The molecule has 0 spiro atoms. The number of esters is 1. The highest BCUT2D eigenvalue weighted by Crippen LogP contribution is 2.29. The molecule has 152 valence electrons. The molecule has 0 saturated carbocycles. The molecule has 30 heavy (non-hydrogen) atoms. The van der Waals surface area contributed by atoms with Crippen molar-refractivity contribution in [3.05, 3.63) is 84.2 Å². The summed E-state index contributed by atoms with van der Waals surface area (Å²) in [5.41, 5.74) is 4.77. The van der Waals surface area contributed by atoms with Gasteiger partial charge < -0.3 is 14.6 Å². The third kappa shape index (κ3) is 4.33. The maximum atomic E-state index is 12.3. The number of fused-ring (bicyclic) bond motifs is 1. The predicted molar refractivity (Wildman–Crippen MR) is 115 cm³/mol. The summed E-state index contributed by atoms with van der Waals surface area (Å²) in [7, 11) is 0. The monoisotopic (exact) mass is 401 g/mol. The molecule has 1 N–H and O–H groups in total. The minimum atomic E-state index is -0.285. The van der Waals surface area contributed by atoms with Gasteiger partial charge in [0.25, 0.3) is 0 Å². The SMILES string of the molecule is C=CC(=O)N1CC=C(c2c[nH]c3ncc(CC(=O)OCc4ccccc4)cc23)CC1. The fourth-order valence-electron chi connectivity index (χ4n) is 3.61. The van der Waals surface area contributed by atoms with Crippen molar-refractivity contribution in [2.24, 2.45) is 0 Å². The molecule has 6 heteroatoms. The van der Waals surface area contributed by atoms with E-state index in [9.17, 15) is 9.59 Å². The Morgan fingerprint density at radius 1 is 1.23 bits per heavy atom. The molecule has 0 atom stereocenters. The Morgan fingerprint density at radius 2 is 2.07 bits per heavy atom. The van der Waals surface area contributed by atoms with Crippen LogP contribution in [0.1, 0.15) is 23.1 Å². The van der Waals surface area contributed by atoms with Crippen LogP contribution in [0.25, 0.3) is 16.6 Å². The highest BCUT2D eigenvalue weighted by atomic mass is 16.5. The average molecular weight is 401 g/mol. The van der Waals surface area contributed by atoms with Crippen LogP contribution < -0.4 is 0 Å². The molecule has 0 unspecified atom stereocenters. The van der Waals surface area contributed by atoms with Crippen molar-refractivity contribution < 1.29 is 14.3 Å². The summed E-state index contributed by atoms with van der Waals surface area (Å²) in [6, 6.07) is 11.6. The molecule has 0 bridgehead atoms.